The third-order valence-corrected chi connectivity index (χ3v) is 9.26. The van der Waals surface area contributed by atoms with Crippen LogP contribution in [0.1, 0.15) is 48.9 Å². The number of ketones is 2. The van der Waals surface area contributed by atoms with Gasteiger partial charge < -0.3 is 26.2 Å². The maximum Gasteiger partial charge on any atom is 0.255 e. The van der Waals surface area contributed by atoms with Crippen LogP contribution in [0.2, 0.25) is 0 Å². The first kappa shape index (κ1) is 27.3. The summed E-state index contributed by atoms with van der Waals surface area (Å²) in [5.74, 6) is -7.92. The molecule has 0 unspecified atom stereocenters. The number of phenolic OH excluding ortho intramolecular Hbond substituents is 1. The van der Waals surface area contributed by atoms with Crippen molar-refractivity contribution in [2.24, 2.45) is 17.6 Å². The summed E-state index contributed by atoms with van der Waals surface area (Å²) in [6.07, 6.45) is 1.08. The third kappa shape index (κ3) is 3.59. The number of primary amides is 1. The van der Waals surface area contributed by atoms with Crippen molar-refractivity contribution in [2.45, 2.75) is 63.8 Å². The standard InChI is InChI=1S/C28H34FN3O7/c1-5-11(2)32-7-6-13-15(10-32)20(29)14-8-12-9-16-21(31(3)4)24(35)19(27(30)38)26(37)28(16,39)25(36)17(12)23(34)18(14)22(13)33/h11-12,16,21,33-34,37,39H,5-10H2,1-4H3,(H2,30,38)/t11-,12+,16+,21+,28+/m1/s1. The molecule has 210 valence electrons. The van der Waals surface area contributed by atoms with E-state index >= 15 is 4.39 Å². The number of halogens is 1. The Bertz CT molecular complexity index is 1380. The smallest absolute Gasteiger partial charge is 0.255 e. The van der Waals surface area contributed by atoms with Crippen LogP contribution < -0.4 is 5.73 Å². The maximum atomic E-state index is 16.1. The number of aliphatic hydroxyl groups is 3. The number of hydrogen-bond donors (Lipinski definition) is 5. The minimum Gasteiger partial charge on any atom is -0.508 e. The van der Waals surface area contributed by atoms with E-state index in [1.165, 1.54) is 19.0 Å². The third-order valence-electron chi connectivity index (χ3n) is 9.26. The molecule has 4 aliphatic rings. The molecule has 5 atom stereocenters. The van der Waals surface area contributed by atoms with Crippen molar-refractivity contribution < 1.29 is 39.2 Å². The van der Waals surface area contributed by atoms with Gasteiger partial charge in [-0.2, -0.15) is 0 Å². The monoisotopic (exact) mass is 543 g/mol. The molecule has 1 amide bonds. The van der Waals surface area contributed by atoms with E-state index in [2.05, 4.69) is 11.8 Å². The number of nitrogens with two attached hydrogens (primary N) is 1. The Morgan fingerprint density at radius 1 is 1.21 bits per heavy atom. The predicted octanol–water partition coefficient (Wildman–Crippen LogP) is 1.26. The number of carbonyl (C=O) groups is 3. The largest absolute Gasteiger partial charge is 0.508 e. The van der Waals surface area contributed by atoms with Crippen molar-refractivity contribution in [1.29, 1.82) is 0 Å². The number of Topliss-reactive ketones (excluding diaryl/α,β-unsaturated/α-hetero) is 2. The van der Waals surface area contributed by atoms with Gasteiger partial charge in [-0.25, -0.2) is 4.39 Å². The first-order valence-electron chi connectivity index (χ1n) is 13.2. The number of nitrogens with zero attached hydrogens (tertiary/aromatic N) is 2. The lowest BCUT2D eigenvalue weighted by molar-refractivity contribution is -0.153. The zero-order valence-corrected chi connectivity index (χ0v) is 22.4. The van der Waals surface area contributed by atoms with Crippen LogP contribution in [-0.2, 0) is 33.8 Å². The Labute approximate surface area is 225 Å². The van der Waals surface area contributed by atoms with Crippen molar-refractivity contribution in [3.05, 3.63) is 45.0 Å². The van der Waals surface area contributed by atoms with Gasteiger partial charge in [0.05, 0.1) is 11.6 Å². The molecular formula is C28H34FN3O7. The van der Waals surface area contributed by atoms with Crippen LogP contribution in [0.15, 0.2) is 16.9 Å². The lowest BCUT2D eigenvalue weighted by Gasteiger charge is -2.50. The van der Waals surface area contributed by atoms with Gasteiger partial charge in [-0.3, -0.25) is 24.2 Å². The number of benzene rings is 1. The molecule has 1 aromatic rings. The number of phenols is 1. The van der Waals surface area contributed by atoms with E-state index in [-0.39, 0.29) is 41.3 Å². The number of carbonyl (C=O) groups excluding carboxylic acids is 3. The number of aromatic hydroxyl groups is 1. The molecule has 1 heterocycles. The van der Waals surface area contributed by atoms with Crippen molar-refractivity contribution in [2.75, 3.05) is 20.6 Å². The molecule has 0 bridgehead atoms. The van der Waals surface area contributed by atoms with Gasteiger partial charge in [0.25, 0.3) is 5.91 Å². The highest BCUT2D eigenvalue weighted by Gasteiger charge is 2.64. The van der Waals surface area contributed by atoms with Crippen molar-refractivity contribution in [1.82, 2.24) is 9.80 Å². The molecule has 1 aliphatic heterocycles. The Hall–Kier alpha value is -3.28. The molecule has 39 heavy (non-hydrogen) atoms. The molecule has 3 aliphatic carbocycles. The molecular weight excluding hydrogens is 509 g/mol. The average molecular weight is 544 g/mol. The van der Waals surface area contributed by atoms with Gasteiger partial charge in [0.2, 0.25) is 5.78 Å². The zero-order chi connectivity index (χ0) is 28.7. The zero-order valence-electron chi connectivity index (χ0n) is 22.4. The van der Waals surface area contributed by atoms with E-state index in [1.807, 2.05) is 6.92 Å². The summed E-state index contributed by atoms with van der Waals surface area (Å²) in [6, 6.07) is -0.976. The highest BCUT2D eigenvalue weighted by atomic mass is 19.1. The van der Waals surface area contributed by atoms with Crippen molar-refractivity contribution >= 4 is 23.2 Å². The van der Waals surface area contributed by atoms with Gasteiger partial charge in [-0.1, -0.05) is 6.92 Å². The molecule has 0 spiro atoms. The summed E-state index contributed by atoms with van der Waals surface area (Å²) in [6.45, 7) is 4.98. The molecule has 1 aromatic carbocycles. The van der Waals surface area contributed by atoms with E-state index in [0.29, 0.717) is 30.6 Å². The van der Waals surface area contributed by atoms with Crippen LogP contribution in [0.25, 0.3) is 5.76 Å². The number of amides is 1. The topological polar surface area (TPSA) is 165 Å². The van der Waals surface area contributed by atoms with Crippen LogP contribution in [0, 0.1) is 17.7 Å². The number of aliphatic hydroxyl groups excluding tert-OH is 2. The second-order valence-corrected chi connectivity index (χ2v) is 11.4. The van der Waals surface area contributed by atoms with E-state index < -0.39 is 63.9 Å². The molecule has 1 saturated carbocycles. The fourth-order valence-electron chi connectivity index (χ4n) is 7.05. The van der Waals surface area contributed by atoms with Crippen LogP contribution >= 0.6 is 0 Å². The van der Waals surface area contributed by atoms with Gasteiger partial charge in [0, 0.05) is 47.3 Å². The van der Waals surface area contributed by atoms with Gasteiger partial charge in [-0.05, 0) is 52.6 Å². The van der Waals surface area contributed by atoms with Crippen LogP contribution in [0.5, 0.6) is 5.75 Å². The first-order chi connectivity index (χ1) is 18.3. The Kier molecular flexibility index (Phi) is 6.40. The Morgan fingerprint density at radius 3 is 2.46 bits per heavy atom. The van der Waals surface area contributed by atoms with E-state index in [1.54, 1.807) is 0 Å². The van der Waals surface area contributed by atoms with E-state index in [9.17, 15) is 34.8 Å². The summed E-state index contributed by atoms with van der Waals surface area (Å²) < 4.78 is 16.1. The minimum absolute atomic E-state index is 0.0649. The summed E-state index contributed by atoms with van der Waals surface area (Å²) in [5, 5.41) is 45.2. The second-order valence-electron chi connectivity index (χ2n) is 11.4. The van der Waals surface area contributed by atoms with Gasteiger partial charge in [0.1, 0.15) is 28.7 Å². The predicted molar refractivity (Wildman–Crippen MR) is 138 cm³/mol. The maximum absolute atomic E-state index is 16.1. The molecule has 10 nitrogen and oxygen atoms in total. The van der Waals surface area contributed by atoms with Crippen LogP contribution in [0.3, 0.4) is 0 Å². The lowest BCUT2D eigenvalue weighted by atomic mass is 9.57. The van der Waals surface area contributed by atoms with Crippen molar-refractivity contribution in [3.8, 4) is 5.75 Å². The van der Waals surface area contributed by atoms with Gasteiger partial charge >= 0.3 is 0 Å². The Morgan fingerprint density at radius 2 is 1.87 bits per heavy atom. The highest BCUT2D eigenvalue weighted by Crippen LogP contribution is 2.53. The fourth-order valence-corrected chi connectivity index (χ4v) is 7.05. The number of fused-ring (bicyclic) bond motifs is 4. The number of rotatable bonds is 4. The molecule has 11 heteroatoms. The van der Waals surface area contributed by atoms with E-state index in [4.69, 9.17) is 5.73 Å². The molecule has 1 fully saturated rings. The van der Waals surface area contributed by atoms with Crippen LogP contribution in [-0.4, -0.2) is 86.0 Å². The van der Waals surface area contributed by atoms with Crippen molar-refractivity contribution in [3.63, 3.8) is 0 Å². The van der Waals surface area contributed by atoms with Crippen LogP contribution in [0.4, 0.5) is 4.39 Å². The second kappa shape index (κ2) is 9.14. The lowest BCUT2D eigenvalue weighted by Crippen LogP contribution is -2.65. The number of likely N-dealkylation sites (N-methyl/N-ethyl adjacent to an activating group) is 1. The average Bonchev–Trinajstić information content (AvgIpc) is 2.88. The summed E-state index contributed by atoms with van der Waals surface area (Å²) in [5.41, 5.74) is 2.07. The first-order valence-corrected chi connectivity index (χ1v) is 13.2. The molecule has 6 N–H and O–H groups in total. The van der Waals surface area contributed by atoms with E-state index in [0.717, 1.165) is 6.42 Å². The minimum atomic E-state index is -2.72. The molecule has 5 rings (SSSR count). The van der Waals surface area contributed by atoms with Gasteiger partial charge in [0.15, 0.2) is 11.4 Å². The normalized spacial score (nSPS) is 29.7. The fraction of sp³-hybridized carbons (Fsp3) is 0.536. The summed E-state index contributed by atoms with van der Waals surface area (Å²) in [7, 11) is 3.06. The quantitative estimate of drug-likeness (QED) is 0.352. The molecule has 0 radical (unpaired) electrons. The van der Waals surface area contributed by atoms with Gasteiger partial charge in [-0.15, -0.1) is 0 Å². The summed E-state index contributed by atoms with van der Waals surface area (Å²) >= 11 is 0. The highest BCUT2D eigenvalue weighted by molar-refractivity contribution is 6.24. The number of hydrogen-bond acceptors (Lipinski definition) is 9. The Balaban J connectivity index is 1.69. The molecule has 0 saturated heterocycles. The SMILES string of the molecule is CC[C@@H](C)N1CCc2c(O)c3c(c(F)c2C1)C[C@H]1C[C@H]2[C@H](N(C)C)C(=O)C(C(N)=O)=C(O)[C@@]2(O)C(=O)C1=C3O. The molecule has 0 aromatic heterocycles. The summed E-state index contributed by atoms with van der Waals surface area (Å²) in [4.78, 5) is 42.7.